The van der Waals surface area contributed by atoms with Crippen LogP contribution < -0.4 is 0 Å². The predicted molar refractivity (Wildman–Crippen MR) is 78.1 cm³/mol. The molecule has 0 aromatic heterocycles. The van der Waals surface area contributed by atoms with E-state index < -0.39 is 10.8 Å². The second-order valence-electron chi connectivity index (χ2n) is 4.46. The first-order chi connectivity index (χ1) is 9.42. The van der Waals surface area contributed by atoms with E-state index in [1.807, 2.05) is 6.26 Å². The summed E-state index contributed by atoms with van der Waals surface area (Å²) < 4.78 is 0. The quantitative estimate of drug-likeness (QED) is 0.494. The fourth-order valence-electron chi connectivity index (χ4n) is 1.83. The normalized spacial score (nSPS) is 10.7. The summed E-state index contributed by atoms with van der Waals surface area (Å²) >= 11 is 1.41. The summed E-state index contributed by atoms with van der Waals surface area (Å²) in [5.74, 6) is -0.434. The first-order valence-corrected chi connectivity index (χ1v) is 7.39. The van der Waals surface area contributed by atoms with Crippen LogP contribution in [0.2, 0.25) is 0 Å². The van der Waals surface area contributed by atoms with Gasteiger partial charge in [-0.1, -0.05) is 0 Å². The highest BCUT2D eigenvalue weighted by atomic mass is 32.2. The minimum Gasteiger partial charge on any atom is -0.395 e. The van der Waals surface area contributed by atoms with Gasteiger partial charge < -0.3 is 10.0 Å². The van der Waals surface area contributed by atoms with Gasteiger partial charge in [0.2, 0.25) is 0 Å². The molecule has 1 N–H and O–H groups in total. The lowest BCUT2D eigenvalue weighted by Gasteiger charge is -2.26. The highest BCUT2D eigenvalue weighted by molar-refractivity contribution is 7.98. The van der Waals surface area contributed by atoms with Gasteiger partial charge in [0.25, 0.3) is 11.6 Å². The zero-order valence-corrected chi connectivity index (χ0v) is 12.5. The number of carbonyl (C=O) groups is 1. The van der Waals surface area contributed by atoms with Crippen molar-refractivity contribution in [3.63, 3.8) is 0 Å². The third kappa shape index (κ3) is 3.71. The van der Waals surface area contributed by atoms with Crippen LogP contribution in [0.5, 0.6) is 0 Å². The molecule has 0 saturated heterocycles. The number of hydrogen-bond donors (Lipinski definition) is 1. The summed E-state index contributed by atoms with van der Waals surface area (Å²) in [7, 11) is 0. The maximum atomic E-state index is 12.5. The average molecular weight is 298 g/mol. The summed E-state index contributed by atoms with van der Waals surface area (Å²) in [6.07, 6.45) is 1.84. The van der Waals surface area contributed by atoms with Gasteiger partial charge in [-0.3, -0.25) is 14.9 Å². The average Bonchev–Trinajstić information content (AvgIpc) is 2.42. The van der Waals surface area contributed by atoms with E-state index in [9.17, 15) is 14.9 Å². The SMILES string of the molecule is CSc1ccc([N+](=O)[O-])c(C(=O)N(CCO)C(C)C)c1. The molecular formula is C13H18N2O4S. The molecule has 0 radical (unpaired) electrons. The Morgan fingerprint density at radius 3 is 2.60 bits per heavy atom. The highest BCUT2D eigenvalue weighted by Crippen LogP contribution is 2.26. The Kier molecular flexibility index (Phi) is 5.97. The van der Waals surface area contributed by atoms with Crippen LogP contribution in [0, 0.1) is 10.1 Å². The lowest BCUT2D eigenvalue weighted by molar-refractivity contribution is -0.385. The summed E-state index contributed by atoms with van der Waals surface area (Å²) in [4.78, 5) is 25.2. The molecule has 0 saturated carbocycles. The molecule has 1 aromatic carbocycles. The van der Waals surface area contributed by atoms with Crippen LogP contribution in [0.1, 0.15) is 24.2 Å². The first kappa shape index (κ1) is 16.5. The number of nitrogens with zero attached hydrogens (tertiary/aromatic N) is 2. The largest absolute Gasteiger partial charge is 0.395 e. The maximum absolute atomic E-state index is 12.5. The molecule has 1 amide bonds. The van der Waals surface area contributed by atoms with Gasteiger partial charge in [-0.25, -0.2) is 0 Å². The number of rotatable bonds is 6. The molecule has 0 atom stereocenters. The molecule has 0 aliphatic rings. The molecule has 1 rings (SSSR count). The summed E-state index contributed by atoms with van der Waals surface area (Å²) in [5.41, 5.74) is -0.152. The van der Waals surface area contributed by atoms with E-state index in [0.29, 0.717) is 0 Å². The molecule has 1 aromatic rings. The predicted octanol–water partition coefficient (Wildman–Crippen LogP) is 2.16. The molecule has 20 heavy (non-hydrogen) atoms. The number of nitro benzene ring substituents is 1. The lowest BCUT2D eigenvalue weighted by Crippen LogP contribution is -2.39. The first-order valence-electron chi connectivity index (χ1n) is 6.16. The van der Waals surface area contributed by atoms with Gasteiger partial charge in [-0.15, -0.1) is 11.8 Å². The van der Waals surface area contributed by atoms with E-state index in [2.05, 4.69) is 0 Å². The number of nitro groups is 1. The van der Waals surface area contributed by atoms with Crippen LogP contribution in [0.4, 0.5) is 5.69 Å². The van der Waals surface area contributed by atoms with Crippen molar-refractivity contribution in [3.05, 3.63) is 33.9 Å². The highest BCUT2D eigenvalue weighted by Gasteiger charge is 2.26. The van der Waals surface area contributed by atoms with Crippen LogP contribution in [-0.2, 0) is 0 Å². The Hall–Kier alpha value is -1.60. The Morgan fingerprint density at radius 2 is 2.15 bits per heavy atom. The van der Waals surface area contributed by atoms with Gasteiger partial charge in [0, 0.05) is 23.5 Å². The molecule has 0 bridgehead atoms. The number of aliphatic hydroxyl groups is 1. The van der Waals surface area contributed by atoms with Crippen molar-refractivity contribution < 1.29 is 14.8 Å². The van der Waals surface area contributed by atoms with Crippen LogP contribution >= 0.6 is 11.8 Å². The number of carbonyl (C=O) groups excluding carboxylic acids is 1. The van der Waals surface area contributed by atoms with Gasteiger partial charge in [0.1, 0.15) is 5.56 Å². The Labute approximate surface area is 121 Å². The van der Waals surface area contributed by atoms with Crippen LogP contribution in [0.25, 0.3) is 0 Å². The monoisotopic (exact) mass is 298 g/mol. The Balaban J connectivity index is 3.27. The number of benzene rings is 1. The second-order valence-corrected chi connectivity index (χ2v) is 5.34. The number of aliphatic hydroxyl groups excluding tert-OH is 1. The van der Waals surface area contributed by atoms with Gasteiger partial charge >= 0.3 is 0 Å². The molecule has 0 heterocycles. The van der Waals surface area contributed by atoms with Crippen LogP contribution in [0.15, 0.2) is 23.1 Å². The lowest BCUT2D eigenvalue weighted by atomic mass is 10.1. The fraction of sp³-hybridized carbons (Fsp3) is 0.462. The van der Waals surface area contributed by atoms with E-state index in [-0.39, 0.29) is 30.4 Å². The number of hydrogen-bond acceptors (Lipinski definition) is 5. The zero-order valence-electron chi connectivity index (χ0n) is 11.7. The molecular weight excluding hydrogens is 280 g/mol. The van der Waals surface area contributed by atoms with Crippen molar-refractivity contribution in [2.75, 3.05) is 19.4 Å². The fourth-order valence-corrected chi connectivity index (χ4v) is 2.27. The van der Waals surface area contributed by atoms with Crippen LogP contribution in [-0.4, -0.2) is 46.3 Å². The summed E-state index contributed by atoms with van der Waals surface area (Å²) in [5, 5.41) is 20.1. The Bertz CT molecular complexity index is 505. The third-order valence-electron chi connectivity index (χ3n) is 2.86. The van der Waals surface area contributed by atoms with Gasteiger partial charge in [-0.05, 0) is 32.2 Å². The second kappa shape index (κ2) is 7.25. The van der Waals surface area contributed by atoms with E-state index in [0.717, 1.165) is 4.90 Å². The Morgan fingerprint density at radius 1 is 1.50 bits per heavy atom. The van der Waals surface area contributed by atoms with Gasteiger partial charge in [-0.2, -0.15) is 0 Å². The maximum Gasteiger partial charge on any atom is 0.282 e. The van der Waals surface area contributed by atoms with Crippen molar-refractivity contribution in [2.45, 2.75) is 24.8 Å². The zero-order chi connectivity index (χ0) is 15.3. The van der Waals surface area contributed by atoms with E-state index in [1.165, 1.54) is 28.8 Å². The van der Waals surface area contributed by atoms with Crippen molar-refractivity contribution in [1.29, 1.82) is 0 Å². The number of amides is 1. The summed E-state index contributed by atoms with van der Waals surface area (Å²) in [6.45, 7) is 3.58. The molecule has 0 aliphatic heterocycles. The van der Waals surface area contributed by atoms with Gasteiger partial charge in [0.05, 0.1) is 11.5 Å². The topological polar surface area (TPSA) is 83.7 Å². The minimum atomic E-state index is -0.561. The molecule has 0 spiro atoms. The smallest absolute Gasteiger partial charge is 0.282 e. The van der Waals surface area contributed by atoms with E-state index >= 15 is 0 Å². The molecule has 110 valence electrons. The molecule has 7 heteroatoms. The molecule has 0 fully saturated rings. The minimum absolute atomic E-state index is 0.0593. The van der Waals surface area contributed by atoms with Crippen LogP contribution in [0.3, 0.4) is 0 Å². The van der Waals surface area contributed by atoms with Crippen molar-refractivity contribution >= 4 is 23.4 Å². The summed E-state index contributed by atoms with van der Waals surface area (Å²) in [6, 6.07) is 4.34. The van der Waals surface area contributed by atoms with Crippen molar-refractivity contribution in [1.82, 2.24) is 4.90 Å². The molecule has 6 nitrogen and oxygen atoms in total. The standard InChI is InChI=1S/C13H18N2O4S/c1-9(2)14(6-7-16)13(17)11-8-10(20-3)4-5-12(11)15(18)19/h4-5,8-9,16H,6-7H2,1-3H3. The molecule has 0 unspecified atom stereocenters. The van der Waals surface area contributed by atoms with E-state index in [4.69, 9.17) is 5.11 Å². The van der Waals surface area contributed by atoms with Gasteiger partial charge in [0.15, 0.2) is 0 Å². The number of thioether (sulfide) groups is 1. The third-order valence-corrected chi connectivity index (χ3v) is 3.58. The van der Waals surface area contributed by atoms with Crippen molar-refractivity contribution in [2.24, 2.45) is 0 Å². The van der Waals surface area contributed by atoms with E-state index in [1.54, 1.807) is 19.9 Å². The molecule has 0 aliphatic carbocycles. The van der Waals surface area contributed by atoms with Crippen molar-refractivity contribution in [3.8, 4) is 0 Å².